The van der Waals surface area contributed by atoms with Gasteiger partial charge in [0, 0.05) is 42.0 Å². The number of carbonyl (C=O) groups excluding carboxylic acids is 2. The molecule has 0 bridgehead atoms. The van der Waals surface area contributed by atoms with Crippen LogP contribution in [-0.2, 0) is 36.1 Å². The van der Waals surface area contributed by atoms with Crippen LogP contribution in [0, 0.1) is 0 Å². The highest BCUT2D eigenvalue weighted by atomic mass is 28.5. The van der Waals surface area contributed by atoms with E-state index >= 15 is 0 Å². The molecule has 0 heterocycles. The molecule has 0 saturated heterocycles. The molecule has 1 rings (SSSR count). The van der Waals surface area contributed by atoms with Crippen LogP contribution in [0.15, 0.2) is 24.3 Å². The molecule has 1 aliphatic carbocycles. The standard InChI is InChI=1S/C24H46O11Si3/c1-7-32-36(27,18-12-16-30-23(25)20(3)4)34-38(29,22-14-10-9-11-15-22)35-37(28,33-8-2)19-13-17-31-24(26)21(5)6/h22,27-29H,3,5,7-19H2,1-2,4,6H3. The van der Waals surface area contributed by atoms with Crippen LogP contribution in [-0.4, -0.2) is 79.2 Å². The Hall–Kier alpha value is -1.21. The second-order valence-electron chi connectivity index (χ2n) is 9.50. The Morgan fingerprint density at radius 1 is 0.763 bits per heavy atom. The molecule has 2 unspecified atom stereocenters. The van der Waals surface area contributed by atoms with Gasteiger partial charge in [0.1, 0.15) is 0 Å². The van der Waals surface area contributed by atoms with Gasteiger partial charge >= 0.3 is 38.4 Å². The molecule has 0 aromatic heterocycles. The zero-order valence-electron chi connectivity index (χ0n) is 23.3. The molecule has 14 heteroatoms. The van der Waals surface area contributed by atoms with Gasteiger partial charge in [-0.15, -0.1) is 0 Å². The SMILES string of the molecule is C=C(C)C(=O)OCCC[Si](O)(OCC)O[Si](O)(O[Si](O)(CCCOC(=O)C(=C)C)OCC)C1CCCCC1. The van der Waals surface area contributed by atoms with Crippen LogP contribution in [0.4, 0.5) is 0 Å². The molecule has 0 spiro atoms. The Kier molecular flexibility index (Phi) is 15.4. The Labute approximate surface area is 229 Å². The molecule has 220 valence electrons. The monoisotopic (exact) mass is 594 g/mol. The van der Waals surface area contributed by atoms with E-state index in [0.717, 1.165) is 19.3 Å². The van der Waals surface area contributed by atoms with Gasteiger partial charge in [-0.1, -0.05) is 32.4 Å². The van der Waals surface area contributed by atoms with Crippen molar-refractivity contribution < 1.29 is 50.5 Å². The first kappa shape index (κ1) is 34.8. The third-order valence-corrected chi connectivity index (χ3v) is 15.9. The smallest absolute Gasteiger partial charge is 0.462 e. The lowest BCUT2D eigenvalue weighted by Crippen LogP contribution is -2.64. The molecular weight excluding hydrogens is 549 g/mol. The van der Waals surface area contributed by atoms with Gasteiger partial charge in [-0.05, 0) is 53.4 Å². The fourth-order valence-corrected chi connectivity index (χ4v) is 14.4. The molecule has 11 nitrogen and oxygen atoms in total. The largest absolute Gasteiger partial charge is 0.490 e. The van der Waals surface area contributed by atoms with Crippen LogP contribution >= 0.6 is 0 Å². The van der Waals surface area contributed by atoms with Crippen LogP contribution < -0.4 is 0 Å². The molecule has 1 aliphatic rings. The molecule has 1 fully saturated rings. The van der Waals surface area contributed by atoms with Crippen molar-refractivity contribution in [1.82, 2.24) is 0 Å². The summed E-state index contributed by atoms with van der Waals surface area (Å²) < 4.78 is 33.6. The van der Waals surface area contributed by atoms with E-state index < -0.39 is 43.9 Å². The molecule has 1 saturated carbocycles. The Morgan fingerprint density at radius 3 is 1.50 bits per heavy atom. The van der Waals surface area contributed by atoms with Gasteiger partial charge < -0.3 is 40.9 Å². The molecular formula is C24H46O11Si3. The maximum Gasteiger partial charge on any atom is 0.490 e. The minimum absolute atomic E-state index is 0.0151. The lowest BCUT2D eigenvalue weighted by Gasteiger charge is -2.41. The first-order valence-electron chi connectivity index (χ1n) is 13.3. The van der Waals surface area contributed by atoms with Gasteiger partial charge in [0.25, 0.3) is 0 Å². The molecule has 3 N–H and O–H groups in total. The second kappa shape index (κ2) is 16.8. The van der Waals surface area contributed by atoms with Gasteiger partial charge in [-0.25, -0.2) is 9.59 Å². The van der Waals surface area contributed by atoms with Crippen LogP contribution in [0.2, 0.25) is 17.6 Å². The molecule has 0 radical (unpaired) electrons. The first-order valence-corrected chi connectivity index (χ1v) is 19.1. The highest BCUT2D eigenvalue weighted by Crippen LogP contribution is 2.40. The van der Waals surface area contributed by atoms with Gasteiger partial charge in [0.2, 0.25) is 0 Å². The highest BCUT2D eigenvalue weighted by Gasteiger charge is 2.59. The summed E-state index contributed by atoms with van der Waals surface area (Å²) in [7, 11) is -12.3. The van der Waals surface area contributed by atoms with Crippen LogP contribution in [0.5, 0.6) is 0 Å². The van der Waals surface area contributed by atoms with Crippen LogP contribution in [0.3, 0.4) is 0 Å². The van der Waals surface area contributed by atoms with Crippen molar-refractivity contribution in [3.63, 3.8) is 0 Å². The summed E-state index contributed by atoms with van der Waals surface area (Å²) in [5, 5.41) is 0. The summed E-state index contributed by atoms with van der Waals surface area (Å²) in [6.45, 7) is 13.8. The van der Waals surface area contributed by atoms with Crippen LogP contribution in [0.25, 0.3) is 0 Å². The molecule has 0 aromatic rings. The van der Waals surface area contributed by atoms with Crippen molar-refractivity contribution in [3.8, 4) is 0 Å². The number of hydrogen-bond donors (Lipinski definition) is 3. The summed E-state index contributed by atoms with van der Waals surface area (Å²) >= 11 is 0. The van der Waals surface area contributed by atoms with E-state index in [4.69, 9.17) is 26.6 Å². The van der Waals surface area contributed by atoms with Gasteiger partial charge in [0.15, 0.2) is 0 Å². The summed E-state index contributed by atoms with van der Waals surface area (Å²) in [5.74, 6) is -1.07. The van der Waals surface area contributed by atoms with E-state index in [1.807, 2.05) is 0 Å². The summed E-state index contributed by atoms with van der Waals surface area (Å²) in [4.78, 5) is 57.9. The van der Waals surface area contributed by atoms with Crippen molar-refractivity contribution in [1.29, 1.82) is 0 Å². The van der Waals surface area contributed by atoms with Gasteiger partial charge in [0.05, 0.1) is 13.2 Å². The Balaban J connectivity index is 3.05. The van der Waals surface area contributed by atoms with E-state index in [2.05, 4.69) is 13.2 Å². The minimum atomic E-state index is -4.26. The van der Waals surface area contributed by atoms with Crippen molar-refractivity contribution in [2.45, 2.75) is 90.3 Å². The van der Waals surface area contributed by atoms with Crippen molar-refractivity contribution in [2.24, 2.45) is 0 Å². The number of hydrogen-bond acceptors (Lipinski definition) is 11. The van der Waals surface area contributed by atoms with Crippen molar-refractivity contribution >= 4 is 38.4 Å². The quantitative estimate of drug-likeness (QED) is 0.0875. The highest BCUT2D eigenvalue weighted by molar-refractivity contribution is 6.80. The predicted molar refractivity (Wildman–Crippen MR) is 147 cm³/mol. The van der Waals surface area contributed by atoms with E-state index in [0.29, 0.717) is 12.8 Å². The Bertz CT molecular complexity index is 739. The Morgan fingerprint density at radius 2 is 1.16 bits per heavy atom. The molecule has 38 heavy (non-hydrogen) atoms. The number of rotatable bonds is 19. The molecule has 0 aromatic carbocycles. The lowest BCUT2D eigenvalue weighted by molar-refractivity contribution is -0.139. The average Bonchev–Trinajstić information content (AvgIpc) is 2.84. The maximum atomic E-state index is 11.9. The second-order valence-corrected chi connectivity index (χ2v) is 17.6. The van der Waals surface area contributed by atoms with Gasteiger partial charge in [-0.2, -0.15) is 0 Å². The normalized spacial score (nSPS) is 19.0. The van der Waals surface area contributed by atoms with Gasteiger partial charge in [-0.3, -0.25) is 0 Å². The van der Waals surface area contributed by atoms with Crippen LogP contribution in [0.1, 0.15) is 72.6 Å². The van der Waals surface area contributed by atoms with Crippen molar-refractivity contribution in [2.75, 3.05) is 26.4 Å². The summed E-state index contributed by atoms with van der Waals surface area (Å²) in [6.07, 6.45) is 4.40. The number of esters is 2. The summed E-state index contributed by atoms with van der Waals surface area (Å²) in [5.41, 5.74) is 0.124. The summed E-state index contributed by atoms with van der Waals surface area (Å²) in [6, 6.07) is 0.0301. The molecule has 2 atom stereocenters. The zero-order chi connectivity index (χ0) is 28.8. The third kappa shape index (κ3) is 12.3. The third-order valence-electron chi connectivity index (χ3n) is 5.91. The van der Waals surface area contributed by atoms with E-state index in [-0.39, 0.29) is 62.5 Å². The van der Waals surface area contributed by atoms with E-state index in [1.54, 1.807) is 13.8 Å². The van der Waals surface area contributed by atoms with E-state index in [1.165, 1.54) is 13.8 Å². The maximum absolute atomic E-state index is 11.9. The first-order chi connectivity index (χ1) is 17.8. The number of carbonyl (C=O) groups is 2. The number of ether oxygens (including phenoxy) is 2. The zero-order valence-corrected chi connectivity index (χ0v) is 26.3. The predicted octanol–water partition coefficient (Wildman–Crippen LogP) is 3.24. The van der Waals surface area contributed by atoms with E-state index in [9.17, 15) is 24.0 Å². The lowest BCUT2D eigenvalue weighted by atomic mass is 10.0. The fourth-order valence-electron chi connectivity index (χ4n) is 4.04. The topological polar surface area (TPSA) is 150 Å². The molecule has 0 aliphatic heterocycles. The molecule has 0 amide bonds. The minimum Gasteiger partial charge on any atom is -0.462 e. The van der Waals surface area contributed by atoms with Crippen molar-refractivity contribution in [3.05, 3.63) is 24.3 Å². The fraction of sp³-hybridized carbons (Fsp3) is 0.750. The average molecular weight is 595 g/mol.